The van der Waals surface area contributed by atoms with Crippen molar-refractivity contribution in [2.24, 2.45) is 0 Å². The van der Waals surface area contributed by atoms with Gasteiger partial charge in [-0.15, -0.1) is 12.4 Å². The summed E-state index contributed by atoms with van der Waals surface area (Å²) in [6.45, 7) is 4.09. The molecule has 6 nitrogen and oxygen atoms in total. The van der Waals surface area contributed by atoms with Gasteiger partial charge in [0.1, 0.15) is 17.1 Å². The number of hydrogen-bond acceptors (Lipinski definition) is 6. The van der Waals surface area contributed by atoms with Gasteiger partial charge in [0.25, 0.3) is 5.91 Å². The second-order valence-electron chi connectivity index (χ2n) is 7.89. The maximum atomic E-state index is 14.4. The van der Waals surface area contributed by atoms with Crippen LogP contribution in [0.25, 0.3) is 21.0 Å². The van der Waals surface area contributed by atoms with E-state index in [4.69, 9.17) is 9.47 Å². The summed E-state index contributed by atoms with van der Waals surface area (Å²) >= 11 is 1.32. The van der Waals surface area contributed by atoms with E-state index >= 15 is 0 Å². The Labute approximate surface area is 207 Å². The summed E-state index contributed by atoms with van der Waals surface area (Å²) in [5.41, 5.74) is 0.741. The van der Waals surface area contributed by atoms with E-state index in [9.17, 15) is 9.18 Å². The standard InChI is InChI=1S/C25H24FN3O3S.ClH/c1-31-21-16-18-6-3-2-5-17(18)15-19(21)24(30)29(10-9-28-11-13-32-14-12-28)25-27-23-20(26)7-4-8-22(23)33-25;/h2-8,15-16H,9-14H2,1H3;1H. The molecular formula is C25H25ClFN3O3S. The molecule has 178 valence electrons. The zero-order chi connectivity index (χ0) is 22.8. The average molecular weight is 502 g/mol. The Bertz CT molecular complexity index is 1310. The Morgan fingerprint density at radius 3 is 2.59 bits per heavy atom. The summed E-state index contributed by atoms with van der Waals surface area (Å²) in [7, 11) is 1.56. The smallest absolute Gasteiger partial charge is 0.263 e. The third-order valence-electron chi connectivity index (χ3n) is 5.88. The molecule has 1 aliphatic heterocycles. The van der Waals surface area contributed by atoms with Crippen LogP contribution in [-0.2, 0) is 4.74 Å². The van der Waals surface area contributed by atoms with Crippen molar-refractivity contribution in [3.63, 3.8) is 0 Å². The van der Waals surface area contributed by atoms with Crippen molar-refractivity contribution in [2.45, 2.75) is 0 Å². The van der Waals surface area contributed by atoms with E-state index in [1.807, 2.05) is 42.5 Å². The number of methoxy groups -OCH3 is 1. The number of para-hydroxylation sites is 1. The van der Waals surface area contributed by atoms with E-state index in [1.165, 1.54) is 17.4 Å². The Kier molecular flexibility index (Phi) is 7.63. The molecule has 1 amide bonds. The Balaban J connectivity index is 0.00000274. The fourth-order valence-electron chi connectivity index (χ4n) is 4.07. The van der Waals surface area contributed by atoms with Gasteiger partial charge in [0.2, 0.25) is 0 Å². The minimum absolute atomic E-state index is 0. The van der Waals surface area contributed by atoms with Gasteiger partial charge >= 0.3 is 0 Å². The first-order chi connectivity index (χ1) is 16.1. The van der Waals surface area contributed by atoms with E-state index in [-0.39, 0.29) is 29.6 Å². The predicted octanol–water partition coefficient (Wildman–Crippen LogP) is 5.00. The van der Waals surface area contributed by atoms with Crippen molar-refractivity contribution in [3.8, 4) is 5.75 Å². The number of nitrogens with zero attached hydrogens (tertiary/aromatic N) is 3. The second kappa shape index (κ2) is 10.7. The SMILES string of the molecule is COc1cc2ccccc2cc1C(=O)N(CCN1CCOCC1)c1nc2c(F)cccc2s1.Cl. The first-order valence-electron chi connectivity index (χ1n) is 10.9. The van der Waals surface area contributed by atoms with Gasteiger partial charge in [-0.05, 0) is 35.0 Å². The van der Waals surface area contributed by atoms with Gasteiger partial charge in [-0.1, -0.05) is 41.7 Å². The molecule has 4 aromatic rings. The first-order valence-corrected chi connectivity index (χ1v) is 11.7. The summed E-state index contributed by atoms with van der Waals surface area (Å²) < 4.78 is 26.1. The number of aromatic nitrogens is 1. The van der Waals surface area contributed by atoms with Crippen molar-refractivity contribution in [3.05, 3.63) is 66.0 Å². The number of ether oxygens (including phenoxy) is 2. The first kappa shape index (κ1) is 24.3. The van der Waals surface area contributed by atoms with Crippen LogP contribution in [0.15, 0.2) is 54.6 Å². The normalized spacial score (nSPS) is 14.2. The fourth-order valence-corrected chi connectivity index (χ4v) is 5.07. The van der Waals surface area contributed by atoms with Gasteiger partial charge in [-0.3, -0.25) is 14.6 Å². The van der Waals surface area contributed by atoms with E-state index in [0.717, 1.165) is 23.9 Å². The summed E-state index contributed by atoms with van der Waals surface area (Å²) in [5, 5.41) is 2.42. The lowest BCUT2D eigenvalue weighted by Gasteiger charge is -2.29. The number of rotatable bonds is 6. The van der Waals surface area contributed by atoms with Crippen molar-refractivity contribution in [1.82, 2.24) is 9.88 Å². The average Bonchev–Trinajstić information content (AvgIpc) is 3.29. The molecule has 0 atom stereocenters. The number of carbonyl (C=O) groups is 1. The molecule has 0 unspecified atom stereocenters. The van der Waals surface area contributed by atoms with Gasteiger partial charge in [-0.2, -0.15) is 0 Å². The molecule has 2 heterocycles. The highest BCUT2D eigenvalue weighted by Crippen LogP contribution is 2.33. The number of benzene rings is 3. The number of thiazole rings is 1. The highest BCUT2D eigenvalue weighted by molar-refractivity contribution is 7.22. The van der Waals surface area contributed by atoms with Crippen molar-refractivity contribution < 1.29 is 18.7 Å². The van der Waals surface area contributed by atoms with Gasteiger partial charge in [-0.25, -0.2) is 9.37 Å². The van der Waals surface area contributed by atoms with Crippen LogP contribution in [0.5, 0.6) is 5.75 Å². The van der Waals surface area contributed by atoms with Crippen LogP contribution < -0.4 is 9.64 Å². The zero-order valence-electron chi connectivity index (χ0n) is 18.7. The Morgan fingerprint density at radius 2 is 1.88 bits per heavy atom. The molecule has 0 aliphatic carbocycles. The number of anilines is 1. The molecular weight excluding hydrogens is 477 g/mol. The summed E-state index contributed by atoms with van der Waals surface area (Å²) in [6, 6.07) is 16.4. The van der Waals surface area contributed by atoms with Crippen LogP contribution in [0.3, 0.4) is 0 Å². The topological polar surface area (TPSA) is 54.9 Å². The molecule has 1 fully saturated rings. The lowest BCUT2D eigenvalue weighted by molar-refractivity contribution is 0.0391. The molecule has 9 heteroatoms. The predicted molar refractivity (Wildman–Crippen MR) is 136 cm³/mol. The van der Waals surface area contributed by atoms with Crippen LogP contribution >= 0.6 is 23.7 Å². The summed E-state index contributed by atoms with van der Waals surface area (Å²) in [4.78, 5) is 22.3. The number of fused-ring (bicyclic) bond motifs is 2. The molecule has 0 saturated carbocycles. The summed E-state index contributed by atoms with van der Waals surface area (Å²) in [5.74, 6) is -0.105. The highest BCUT2D eigenvalue weighted by Gasteiger charge is 2.26. The van der Waals surface area contributed by atoms with Crippen LogP contribution in [0.1, 0.15) is 10.4 Å². The quantitative estimate of drug-likeness (QED) is 0.372. The van der Waals surface area contributed by atoms with Crippen molar-refractivity contribution >= 4 is 55.8 Å². The lowest BCUT2D eigenvalue weighted by Crippen LogP contribution is -2.43. The van der Waals surface area contributed by atoms with Gasteiger partial charge in [0, 0.05) is 26.2 Å². The van der Waals surface area contributed by atoms with Gasteiger partial charge < -0.3 is 9.47 Å². The molecule has 0 spiro atoms. The maximum Gasteiger partial charge on any atom is 0.263 e. The van der Waals surface area contributed by atoms with Gasteiger partial charge in [0.15, 0.2) is 5.13 Å². The monoisotopic (exact) mass is 501 g/mol. The third-order valence-corrected chi connectivity index (χ3v) is 6.92. The molecule has 34 heavy (non-hydrogen) atoms. The Hall–Kier alpha value is -2.78. The van der Waals surface area contributed by atoms with Crippen LogP contribution in [0.2, 0.25) is 0 Å². The number of morpholine rings is 1. The highest BCUT2D eigenvalue weighted by atomic mass is 35.5. The molecule has 0 N–H and O–H groups in total. The van der Waals surface area contributed by atoms with Crippen LogP contribution in [0.4, 0.5) is 9.52 Å². The molecule has 0 bridgehead atoms. The van der Waals surface area contributed by atoms with Crippen molar-refractivity contribution in [1.29, 1.82) is 0 Å². The van der Waals surface area contributed by atoms with Crippen LogP contribution in [0, 0.1) is 5.82 Å². The molecule has 3 aromatic carbocycles. The lowest BCUT2D eigenvalue weighted by atomic mass is 10.0. The van der Waals surface area contributed by atoms with E-state index in [1.54, 1.807) is 18.1 Å². The third kappa shape index (κ3) is 4.86. The zero-order valence-corrected chi connectivity index (χ0v) is 20.3. The van der Waals surface area contributed by atoms with E-state index < -0.39 is 0 Å². The maximum absolute atomic E-state index is 14.4. The number of carbonyl (C=O) groups excluding carboxylic acids is 1. The molecule has 1 saturated heterocycles. The van der Waals surface area contributed by atoms with Gasteiger partial charge in [0.05, 0.1) is 30.6 Å². The van der Waals surface area contributed by atoms with Crippen LogP contribution in [-0.4, -0.2) is 62.3 Å². The number of halogens is 2. The minimum atomic E-state index is -0.390. The summed E-state index contributed by atoms with van der Waals surface area (Å²) in [6.07, 6.45) is 0. The molecule has 5 rings (SSSR count). The van der Waals surface area contributed by atoms with Crippen molar-refractivity contribution in [2.75, 3.05) is 51.4 Å². The fraction of sp³-hybridized carbons (Fsp3) is 0.280. The molecule has 0 radical (unpaired) electrons. The molecule has 1 aliphatic rings. The number of amides is 1. The Morgan fingerprint density at radius 1 is 1.15 bits per heavy atom. The minimum Gasteiger partial charge on any atom is -0.496 e. The largest absolute Gasteiger partial charge is 0.496 e. The molecule has 1 aromatic heterocycles. The second-order valence-corrected chi connectivity index (χ2v) is 8.90. The van der Waals surface area contributed by atoms with E-state index in [2.05, 4.69) is 9.88 Å². The number of hydrogen-bond donors (Lipinski definition) is 0. The van der Waals surface area contributed by atoms with E-state index in [0.29, 0.717) is 47.4 Å².